The van der Waals surface area contributed by atoms with E-state index in [2.05, 4.69) is 142 Å². The minimum Gasteiger partial charge on any atom is -0.462 e. The normalized spacial score (nSPS) is 12.9. The molecule has 0 radical (unpaired) electrons. The minimum absolute atomic E-state index is 0.102. The van der Waals surface area contributed by atoms with Gasteiger partial charge >= 0.3 is 17.9 Å². The Balaban J connectivity index is 4.50. The van der Waals surface area contributed by atoms with Crippen molar-refractivity contribution >= 4 is 17.9 Å². The zero-order valence-electron chi connectivity index (χ0n) is 51.6. The number of hydrogen-bond donors (Lipinski definition) is 0. The van der Waals surface area contributed by atoms with E-state index in [4.69, 9.17) is 14.2 Å². The van der Waals surface area contributed by atoms with Crippen molar-refractivity contribution in [2.75, 3.05) is 13.2 Å². The second-order valence-electron chi connectivity index (χ2n) is 21.6. The average molecular weight is 1100 g/mol. The molecule has 0 saturated heterocycles. The number of esters is 3. The summed E-state index contributed by atoms with van der Waals surface area (Å²) in [6.07, 6.45) is 92.1. The van der Waals surface area contributed by atoms with Crippen LogP contribution in [0.25, 0.3) is 0 Å². The first kappa shape index (κ1) is 74.8. The molecule has 6 nitrogen and oxygen atoms in total. The summed E-state index contributed by atoms with van der Waals surface area (Å²) >= 11 is 0. The lowest BCUT2D eigenvalue weighted by molar-refractivity contribution is -0.167. The molecule has 1 unspecified atom stereocenters. The van der Waals surface area contributed by atoms with Crippen molar-refractivity contribution in [2.45, 2.75) is 309 Å². The Labute approximate surface area is 488 Å². The summed E-state index contributed by atoms with van der Waals surface area (Å²) in [5.74, 6) is -0.968. The minimum atomic E-state index is -0.812. The number of unbranched alkanes of at least 4 members (excludes halogenated alkanes) is 28. The molecule has 0 N–H and O–H groups in total. The van der Waals surface area contributed by atoms with Gasteiger partial charge in [-0.15, -0.1) is 0 Å². The Morgan fingerprint density at radius 3 is 0.848 bits per heavy atom. The van der Waals surface area contributed by atoms with Crippen molar-refractivity contribution in [3.8, 4) is 0 Å². The fourth-order valence-corrected chi connectivity index (χ4v) is 9.03. The van der Waals surface area contributed by atoms with Gasteiger partial charge < -0.3 is 14.2 Å². The van der Waals surface area contributed by atoms with E-state index in [-0.39, 0.29) is 37.5 Å². The molecule has 0 aromatic rings. The molecule has 450 valence electrons. The highest BCUT2D eigenvalue weighted by atomic mass is 16.6. The lowest BCUT2D eigenvalue weighted by Crippen LogP contribution is -2.30. The Morgan fingerprint density at radius 1 is 0.266 bits per heavy atom. The van der Waals surface area contributed by atoms with Crippen molar-refractivity contribution in [3.63, 3.8) is 0 Å². The van der Waals surface area contributed by atoms with Crippen LogP contribution in [0, 0.1) is 0 Å². The summed E-state index contributed by atoms with van der Waals surface area (Å²) in [7, 11) is 0. The van der Waals surface area contributed by atoms with Crippen LogP contribution in [-0.2, 0) is 28.6 Å². The van der Waals surface area contributed by atoms with E-state index in [1.807, 2.05) is 0 Å². The van der Waals surface area contributed by atoms with Gasteiger partial charge in [0.25, 0.3) is 0 Å². The number of ether oxygens (including phenoxy) is 3. The van der Waals surface area contributed by atoms with Gasteiger partial charge in [-0.2, -0.15) is 0 Å². The molecule has 0 rings (SSSR count). The van der Waals surface area contributed by atoms with Gasteiger partial charge in [0, 0.05) is 19.3 Å². The highest BCUT2D eigenvalue weighted by Gasteiger charge is 2.19. The van der Waals surface area contributed by atoms with Crippen LogP contribution in [0.4, 0.5) is 0 Å². The molecule has 0 aromatic carbocycles. The number of carbonyl (C=O) groups is 3. The number of allylic oxidation sites excluding steroid dienone is 20. The summed E-state index contributed by atoms with van der Waals surface area (Å²) in [5.41, 5.74) is 0. The second kappa shape index (κ2) is 66.3. The summed E-state index contributed by atoms with van der Waals surface area (Å²) < 4.78 is 16.9. The van der Waals surface area contributed by atoms with Gasteiger partial charge in [0.05, 0.1) is 0 Å². The van der Waals surface area contributed by atoms with Gasteiger partial charge in [0.2, 0.25) is 0 Å². The van der Waals surface area contributed by atoms with E-state index in [0.717, 1.165) is 116 Å². The molecule has 0 saturated carbocycles. The monoisotopic (exact) mass is 1090 g/mol. The van der Waals surface area contributed by atoms with E-state index in [1.165, 1.54) is 141 Å². The van der Waals surface area contributed by atoms with Crippen LogP contribution in [0.15, 0.2) is 122 Å². The molecule has 0 aliphatic carbocycles. The highest BCUT2D eigenvalue weighted by Crippen LogP contribution is 2.16. The Kier molecular flexibility index (Phi) is 62.8. The number of carbonyl (C=O) groups excluding carboxylic acids is 3. The maximum absolute atomic E-state index is 12.9. The van der Waals surface area contributed by atoms with Gasteiger partial charge in [0.15, 0.2) is 6.10 Å². The van der Waals surface area contributed by atoms with E-state index >= 15 is 0 Å². The van der Waals surface area contributed by atoms with Crippen molar-refractivity contribution in [1.82, 2.24) is 0 Å². The van der Waals surface area contributed by atoms with Gasteiger partial charge in [-0.05, 0) is 109 Å². The third kappa shape index (κ3) is 64.5. The summed E-state index contributed by atoms with van der Waals surface area (Å²) in [6, 6.07) is 0. The summed E-state index contributed by atoms with van der Waals surface area (Å²) in [6.45, 7) is 6.47. The largest absolute Gasteiger partial charge is 0.462 e. The van der Waals surface area contributed by atoms with Gasteiger partial charge in [-0.3, -0.25) is 14.4 Å². The molecule has 6 heteroatoms. The van der Waals surface area contributed by atoms with Crippen LogP contribution in [0.1, 0.15) is 303 Å². The molecule has 0 fully saturated rings. The molecule has 0 aliphatic rings. The van der Waals surface area contributed by atoms with Crippen LogP contribution in [0.3, 0.4) is 0 Å². The average Bonchev–Trinajstić information content (AvgIpc) is 3.45. The van der Waals surface area contributed by atoms with Gasteiger partial charge in [-0.25, -0.2) is 0 Å². The SMILES string of the molecule is CC/C=C\C/C=C\C/C=C\C/C=C\C/C=C\C/C=C\C/C=C\CCCC(=O)OCC(COC(=O)CCCCCCCCCCCCCCCCCCCCC)OC(=O)CCCCCCCC/C=C\C/C=C\C/C=C\CCCCC. The molecule has 0 amide bonds. The first-order chi connectivity index (χ1) is 39.0. The lowest BCUT2D eigenvalue weighted by atomic mass is 10.0. The third-order valence-corrected chi connectivity index (χ3v) is 14.0. The molecule has 0 bridgehead atoms. The first-order valence-electron chi connectivity index (χ1n) is 33.0. The van der Waals surface area contributed by atoms with Gasteiger partial charge in [0.1, 0.15) is 13.2 Å². The molecule has 79 heavy (non-hydrogen) atoms. The molecule has 1 atom stereocenters. The Morgan fingerprint density at radius 2 is 0.506 bits per heavy atom. The zero-order chi connectivity index (χ0) is 57.1. The fourth-order valence-electron chi connectivity index (χ4n) is 9.03. The maximum Gasteiger partial charge on any atom is 0.306 e. The van der Waals surface area contributed by atoms with Crippen molar-refractivity contribution in [2.24, 2.45) is 0 Å². The van der Waals surface area contributed by atoms with E-state index in [0.29, 0.717) is 19.3 Å². The van der Waals surface area contributed by atoms with E-state index < -0.39 is 6.10 Å². The maximum atomic E-state index is 12.9. The Hall–Kier alpha value is -4.19. The first-order valence-corrected chi connectivity index (χ1v) is 33.0. The number of rotatable bonds is 59. The topological polar surface area (TPSA) is 78.9 Å². The quantitative estimate of drug-likeness (QED) is 0.0261. The molecule has 0 spiro atoms. The summed E-state index contributed by atoms with van der Waals surface area (Å²) in [5, 5.41) is 0. The van der Waals surface area contributed by atoms with Crippen molar-refractivity contribution < 1.29 is 28.6 Å². The molecular formula is C73H122O6. The highest BCUT2D eigenvalue weighted by molar-refractivity contribution is 5.71. The van der Waals surface area contributed by atoms with Crippen LogP contribution < -0.4 is 0 Å². The predicted octanol–water partition coefficient (Wildman–Crippen LogP) is 22.8. The van der Waals surface area contributed by atoms with E-state index in [9.17, 15) is 14.4 Å². The van der Waals surface area contributed by atoms with Gasteiger partial charge in [-0.1, -0.05) is 296 Å². The predicted molar refractivity (Wildman–Crippen MR) is 343 cm³/mol. The third-order valence-electron chi connectivity index (χ3n) is 14.0. The zero-order valence-corrected chi connectivity index (χ0v) is 51.6. The Bertz CT molecular complexity index is 1640. The van der Waals surface area contributed by atoms with Crippen molar-refractivity contribution in [3.05, 3.63) is 122 Å². The lowest BCUT2D eigenvalue weighted by Gasteiger charge is -2.18. The smallest absolute Gasteiger partial charge is 0.306 e. The molecule has 0 aromatic heterocycles. The summed E-state index contributed by atoms with van der Waals surface area (Å²) in [4.78, 5) is 38.4. The number of hydrogen-bond acceptors (Lipinski definition) is 6. The van der Waals surface area contributed by atoms with E-state index in [1.54, 1.807) is 0 Å². The fraction of sp³-hybridized carbons (Fsp3) is 0.685. The van der Waals surface area contributed by atoms with Crippen LogP contribution >= 0.6 is 0 Å². The van der Waals surface area contributed by atoms with Crippen LogP contribution in [-0.4, -0.2) is 37.2 Å². The molecular weight excluding hydrogens is 973 g/mol. The van der Waals surface area contributed by atoms with Crippen LogP contribution in [0.5, 0.6) is 0 Å². The molecule has 0 heterocycles. The molecule has 0 aliphatic heterocycles. The second-order valence-corrected chi connectivity index (χ2v) is 21.6. The standard InChI is InChI=1S/C73H122O6/c1-4-7-10-13-16-19-22-25-28-31-34-35-36-37-40-42-45-48-51-54-57-60-63-66-72(75)78-69-70(79-73(76)67-64-61-58-55-52-49-46-43-39-33-30-27-24-21-18-15-12-9-6-3)68-77-71(74)65-62-59-56-53-50-47-44-41-38-32-29-26-23-20-17-14-11-8-5-2/h7,10,16,18-19,21,25,27-28,30,34-35,37,39-40,43,45,48,54,57,70H,4-6,8-9,11-15,17,20,22-24,26,29,31-33,36,38,41-42,44,46-47,49-53,55-56,58-69H2,1-3H3/b10-7-,19-16-,21-18-,28-25-,30-27-,35-34-,40-37-,43-39-,48-45-,57-54-. The van der Waals surface area contributed by atoms with Crippen molar-refractivity contribution in [1.29, 1.82) is 0 Å². The van der Waals surface area contributed by atoms with Crippen LogP contribution in [0.2, 0.25) is 0 Å².